The van der Waals surface area contributed by atoms with Crippen molar-refractivity contribution in [1.82, 2.24) is 0 Å². The number of nitrogens with two attached hydrogens (primary N) is 1. The van der Waals surface area contributed by atoms with Crippen molar-refractivity contribution in [2.45, 2.75) is 110 Å². The van der Waals surface area contributed by atoms with Crippen LogP contribution in [0.25, 0.3) is 0 Å². The molecule has 0 spiro atoms. The van der Waals surface area contributed by atoms with Crippen molar-refractivity contribution in [3.63, 3.8) is 0 Å². The fourth-order valence-electron chi connectivity index (χ4n) is 3.57. The van der Waals surface area contributed by atoms with Gasteiger partial charge in [-0.05, 0) is 51.4 Å². The lowest BCUT2D eigenvalue weighted by Gasteiger charge is -2.20. The van der Waals surface area contributed by atoms with Crippen LogP contribution in [0.3, 0.4) is 0 Å². The number of unbranched alkanes of at least 4 members (excludes halogenated alkanes) is 7. The molecule has 0 amide bonds. The average molecular weight is 586 g/mol. The van der Waals surface area contributed by atoms with E-state index in [0.717, 1.165) is 51.4 Å². The molecular formula is C31H56NO7P. The van der Waals surface area contributed by atoms with Crippen LogP contribution in [-0.4, -0.2) is 49.9 Å². The maximum atomic E-state index is 12.4. The summed E-state index contributed by atoms with van der Waals surface area (Å²) in [7, 11) is -4.27. The monoisotopic (exact) mass is 585 g/mol. The molecular weight excluding hydrogens is 529 g/mol. The Kier molecular flexibility index (Phi) is 27.9. The Balaban J connectivity index is 4.24. The quantitative estimate of drug-likeness (QED) is 0.0414. The van der Waals surface area contributed by atoms with Gasteiger partial charge in [0.25, 0.3) is 0 Å². The predicted octanol–water partition coefficient (Wildman–Crippen LogP) is 7.73. The molecule has 40 heavy (non-hydrogen) atoms. The summed E-state index contributed by atoms with van der Waals surface area (Å²) < 4.78 is 32.9. The molecule has 0 bridgehead atoms. The van der Waals surface area contributed by atoms with Crippen molar-refractivity contribution in [1.29, 1.82) is 0 Å². The van der Waals surface area contributed by atoms with Crippen LogP contribution in [0.2, 0.25) is 0 Å². The number of phosphoric acid groups is 1. The fourth-order valence-corrected chi connectivity index (χ4v) is 4.34. The zero-order chi connectivity index (χ0) is 29.6. The number of hydrogen-bond acceptors (Lipinski definition) is 7. The first-order chi connectivity index (χ1) is 19.4. The molecule has 0 aromatic heterocycles. The van der Waals surface area contributed by atoms with Gasteiger partial charge in [0.05, 0.1) is 19.8 Å². The lowest BCUT2D eigenvalue weighted by molar-refractivity contribution is -0.154. The van der Waals surface area contributed by atoms with Gasteiger partial charge in [-0.15, -0.1) is 0 Å². The van der Waals surface area contributed by atoms with Gasteiger partial charge in [0.2, 0.25) is 0 Å². The zero-order valence-electron chi connectivity index (χ0n) is 25.1. The van der Waals surface area contributed by atoms with E-state index in [4.69, 9.17) is 24.3 Å². The van der Waals surface area contributed by atoms with Crippen LogP contribution in [0.5, 0.6) is 0 Å². The third-order valence-corrected chi connectivity index (χ3v) is 6.74. The summed E-state index contributed by atoms with van der Waals surface area (Å²) in [5.74, 6) is -0.377. The Labute approximate surface area is 243 Å². The van der Waals surface area contributed by atoms with Gasteiger partial charge in [0.15, 0.2) is 0 Å². The first-order valence-electron chi connectivity index (χ1n) is 15.1. The van der Waals surface area contributed by atoms with Crippen LogP contribution < -0.4 is 5.73 Å². The molecule has 9 heteroatoms. The first-order valence-corrected chi connectivity index (χ1v) is 16.6. The topological polar surface area (TPSA) is 117 Å². The normalized spacial score (nSPS) is 14.6. The van der Waals surface area contributed by atoms with Crippen LogP contribution in [0.15, 0.2) is 48.6 Å². The van der Waals surface area contributed by atoms with Gasteiger partial charge in [-0.25, -0.2) is 4.57 Å². The Morgan fingerprint density at radius 1 is 0.775 bits per heavy atom. The van der Waals surface area contributed by atoms with Crippen LogP contribution in [0.1, 0.15) is 104 Å². The van der Waals surface area contributed by atoms with E-state index in [1.54, 1.807) is 0 Å². The van der Waals surface area contributed by atoms with Crippen LogP contribution in [-0.2, 0) is 27.9 Å². The summed E-state index contributed by atoms with van der Waals surface area (Å²) in [6.45, 7) is 4.65. The number of allylic oxidation sites excluding steroid dienone is 8. The highest BCUT2D eigenvalue weighted by atomic mass is 31.2. The largest absolute Gasteiger partial charge is 0.472 e. The Morgan fingerprint density at radius 2 is 1.40 bits per heavy atom. The van der Waals surface area contributed by atoms with Crippen molar-refractivity contribution < 1.29 is 32.8 Å². The minimum atomic E-state index is -4.27. The lowest BCUT2D eigenvalue weighted by Crippen LogP contribution is -2.28. The summed E-state index contributed by atoms with van der Waals surface area (Å²) in [4.78, 5) is 22.1. The predicted molar refractivity (Wildman–Crippen MR) is 164 cm³/mol. The van der Waals surface area contributed by atoms with Crippen molar-refractivity contribution in [3.8, 4) is 0 Å². The van der Waals surface area contributed by atoms with Gasteiger partial charge in [-0.3, -0.25) is 13.8 Å². The van der Waals surface area contributed by atoms with E-state index in [2.05, 4.69) is 62.5 Å². The summed E-state index contributed by atoms with van der Waals surface area (Å²) in [6.07, 6.45) is 30.0. The highest BCUT2D eigenvalue weighted by Gasteiger charge is 2.25. The number of phosphoric ester groups is 1. The minimum absolute atomic E-state index is 0.0919. The molecule has 0 radical (unpaired) electrons. The minimum Gasteiger partial charge on any atom is -0.457 e. The molecule has 0 aromatic carbocycles. The van der Waals surface area contributed by atoms with Crippen LogP contribution in [0, 0.1) is 0 Å². The molecule has 0 aromatic rings. The molecule has 0 aliphatic heterocycles. The molecule has 0 rings (SSSR count). The van der Waals surface area contributed by atoms with E-state index in [1.165, 1.54) is 25.7 Å². The molecule has 0 saturated heterocycles. The van der Waals surface area contributed by atoms with E-state index in [0.29, 0.717) is 13.0 Å². The highest BCUT2D eigenvalue weighted by Crippen LogP contribution is 2.43. The third kappa shape index (κ3) is 28.0. The molecule has 2 unspecified atom stereocenters. The van der Waals surface area contributed by atoms with Gasteiger partial charge in [0, 0.05) is 19.6 Å². The first kappa shape index (κ1) is 38.5. The molecule has 232 valence electrons. The molecule has 3 N–H and O–H groups in total. The van der Waals surface area contributed by atoms with E-state index >= 15 is 0 Å². The Hall–Kier alpha value is -1.54. The Bertz CT molecular complexity index is 752. The van der Waals surface area contributed by atoms with Crippen LogP contribution >= 0.6 is 7.82 Å². The number of hydrogen-bond donors (Lipinski definition) is 2. The second kappa shape index (κ2) is 29.0. The summed E-state index contributed by atoms with van der Waals surface area (Å²) >= 11 is 0. The standard InChI is InChI=1S/C31H56NO7P/c1-3-5-7-9-11-12-13-14-15-16-17-18-19-20-22-24-31(33)39-30(29-38-40(34,35)37-27-25-32)28-36-26-23-21-10-8-6-4-2/h5,7,11-12,14-15,17-18,30H,3-4,6,8-10,13,16,19-29,32H2,1-2H3,(H,34,35)/b7-5-,12-11-,15-14-,18-17-. The second-order valence-corrected chi connectivity index (χ2v) is 11.0. The summed E-state index contributed by atoms with van der Waals surface area (Å²) in [5.41, 5.74) is 5.31. The molecule has 8 nitrogen and oxygen atoms in total. The van der Waals surface area contributed by atoms with Gasteiger partial charge in [-0.1, -0.05) is 94.6 Å². The van der Waals surface area contributed by atoms with Gasteiger partial charge in [0.1, 0.15) is 6.10 Å². The number of esters is 1. The van der Waals surface area contributed by atoms with Gasteiger partial charge >= 0.3 is 13.8 Å². The maximum Gasteiger partial charge on any atom is 0.472 e. The maximum absolute atomic E-state index is 12.4. The number of ether oxygens (including phenoxy) is 2. The van der Waals surface area contributed by atoms with Crippen molar-refractivity contribution in [2.24, 2.45) is 5.73 Å². The molecule has 0 fully saturated rings. The number of carbonyl (C=O) groups is 1. The van der Waals surface area contributed by atoms with E-state index in [-0.39, 0.29) is 38.8 Å². The average Bonchev–Trinajstić information content (AvgIpc) is 2.94. The number of rotatable bonds is 28. The third-order valence-electron chi connectivity index (χ3n) is 5.76. The van der Waals surface area contributed by atoms with Crippen molar-refractivity contribution in [3.05, 3.63) is 48.6 Å². The number of carbonyl (C=O) groups excluding carboxylic acids is 1. The molecule has 0 saturated carbocycles. The Morgan fingerprint density at radius 3 is 2.05 bits per heavy atom. The van der Waals surface area contributed by atoms with E-state index in [1.807, 2.05) is 0 Å². The SMILES string of the molecule is CC/C=C\C/C=C\C/C=C\C/C=C\CCCCC(=O)OC(COCCCCCCCC)COP(=O)(O)OCCN. The van der Waals surface area contributed by atoms with Crippen molar-refractivity contribution >= 4 is 13.8 Å². The fraction of sp³-hybridized carbons (Fsp3) is 0.710. The van der Waals surface area contributed by atoms with Gasteiger partial charge in [-0.2, -0.15) is 0 Å². The molecule has 2 atom stereocenters. The summed E-state index contributed by atoms with van der Waals surface area (Å²) in [5, 5.41) is 0. The zero-order valence-corrected chi connectivity index (χ0v) is 25.9. The smallest absolute Gasteiger partial charge is 0.457 e. The highest BCUT2D eigenvalue weighted by molar-refractivity contribution is 7.47. The second-order valence-electron chi connectivity index (χ2n) is 9.59. The van der Waals surface area contributed by atoms with Crippen LogP contribution in [0.4, 0.5) is 0 Å². The van der Waals surface area contributed by atoms with E-state index < -0.39 is 13.9 Å². The lowest BCUT2D eigenvalue weighted by atomic mass is 10.1. The van der Waals surface area contributed by atoms with Crippen molar-refractivity contribution in [2.75, 3.05) is 33.0 Å². The summed E-state index contributed by atoms with van der Waals surface area (Å²) in [6, 6.07) is 0. The van der Waals surface area contributed by atoms with Gasteiger partial charge < -0.3 is 20.1 Å². The molecule has 0 aliphatic rings. The van der Waals surface area contributed by atoms with E-state index in [9.17, 15) is 14.3 Å². The molecule has 0 aliphatic carbocycles. The molecule has 0 heterocycles.